The fourth-order valence-electron chi connectivity index (χ4n) is 2.95. The van der Waals surface area contributed by atoms with Gasteiger partial charge < -0.3 is 5.32 Å². The zero-order chi connectivity index (χ0) is 19.7. The number of benzene rings is 2. The molecular weight excluding hydrogens is 367 g/mol. The van der Waals surface area contributed by atoms with Gasteiger partial charge in [-0.2, -0.15) is 0 Å². The minimum absolute atomic E-state index is 0.0192. The number of carbonyl (C=O) groups is 1. The molecule has 7 heteroatoms. The lowest BCUT2D eigenvalue weighted by Crippen LogP contribution is -2.15. The first kappa shape index (κ1) is 17.8. The second-order valence-corrected chi connectivity index (χ2v) is 6.24. The van der Waals surface area contributed by atoms with Crippen LogP contribution in [-0.2, 0) is 11.2 Å². The third-order valence-corrected chi connectivity index (χ3v) is 4.24. The van der Waals surface area contributed by atoms with E-state index in [-0.39, 0.29) is 24.0 Å². The number of nitrogens with zero attached hydrogens (tertiary/aromatic N) is 2. The smallest absolute Gasteiger partial charge is 0.230 e. The molecule has 4 nitrogen and oxygen atoms in total. The van der Waals surface area contributed by atoms with Crippen molar-refractivity contribution in [2.75, 3.05) is 5.32 Å². The summed E-state index contributed by atoms with van der Waals surface area (Å²) in [7, 11) is 0. The Balaban J connectivity index is 1.71. The Morgan fingerprint density at radius 2 is 1.46 bits per heavy atom. The van der Waals surface area contributed by atoms with Gasteiger partial charge in [-0.3, -0.25) is 9.20 Å². The monoisotopic (exact) mass is 381 g/mol. The van der Waals surface area contributed by atoms with Crippen molar-refractivity contribution in [2.45, 2.75) is 6.42 Å². The lowest BCUT2D eigenvalue weighted by atomic mass is 10.1. The number of halogens is 3. The van der Waals surface area contributed by atoms with E-state index in [1.54, 1.807) is 0 Å². The normalized spacial score (nSPS) is 11.0. The highest BCUT2D eigenvalue weighted by Crippen LogP contribution is 2.29. The van der Waals surface area contributed by atoms with E-state index in [1.165, 1.54) is 71.3 Å². The van der Waals surface area contributed by atoms with Crippen molar-refractivity contribution < 1.29 is 18.0 Å². The van der Waals surface area contributed by atoms with Crippen molar-refractivity contribution in [1.29, 1.82) is 0 Å². The van der Waals surface area contributed by atoms with Crippen molar-refractivity contribution in [3.63, 3.8) is 0 Å². The van der Waals surface area contributed by atoms with Crippen molar-refractivity contribution in [2.24, 2.45) is 0 Å². The van der Waals surface area contributed by atoms with Crippen LogP contribution < -0.4 is 5.32 Å². The van der Waals surface area contributed by atoms with E-state index in [9.17, 15) is 18.0 Å². The number of aromatic nitrogens is 2. The number of pyridine rings is 1. The van der Waals surface area contributed by atoms with Gasteiger partial charge in [-0.15, -0.1) is 0 Å². The summed E-state index contributed by atoms with van der Waals surface area (Å²) in [5, 5.41) is 2.71. The molecule has 0 saturated carbocycles. The highest BCUT2D eigenvalue weighted by molar-refractivity contribution is 5.95. The van der Waals surface area contributed by atoms with Gasteiger partial charge in [0, 0.05) is 11.8 Å². The molecule has 0 aliphatic carbocycles. The van der Waals surface area contributed by atoms with Gasteiger partial charge in [0.25, 0.3) is 0 Å². The molecule has 0 aliphatic heterocycles. The standard InChI is InChI=1S/C21H14F3N3O/c22-15-5-1-13(2-6-15)11-19(28)26-21-20(14-3-7-16(23)8-4-14)27-12-17(24)9-10-18(27)25-21/h1-10,12H,11H2,(H,26,28). The third-order valence-electron chi connectivity index (χ3n) is 4.24. The topological polar surface area (TPSA) is 46.4 Å². The number of hydrogen-bond acceptors (Lipinski definition) is 2. The van der Waals surface area contributed by atoms with Gasteiger partial charge >= 0.3 is 0 Å². The molecular formula is C21H14F3N3O. The summed E-state index contributed by atoms with van der Waals surface area (Å²) in [6.45, 7) is 0. The fraction of sp³-hybridized carbons (Fsp3) is 0.0476. The SMILES string of the molecule is O=C(Cc1ccc(F)cc1)Nc1nc2ccc(F)cn2c1-c1ccc(F)cc1. The number of nitrogens with one attached hydrogen (secondary N) is 1. The number of fused-ring (bicyclic) bond motifs is 1. The van der Waals surface area contributed by atoms with E-state index in [4.69, 9.17) is 0 Å². The van der Waals surface area contributed by atoms with Crippen molar-refractivity contribution >= 4 is 17.4 Å². The highest BCUT2D eigenvalue weighted by atomic mass is 19.1. The Kier molecular flexibility index (Phi) is 4.57. The minimum Gasteiger partial charge on any atom is -0.309 e. The second-order valence-electron chi connectivity index (χ2n) is 6.24. The van der Waals surface area contributed by atoms with E-state index >= 15 is 0 Å². The summed E-state index contributed by atoms with van der Waals surface area (Å²) in [5.74, 6) is -1.41. The molecule has 0 radical (unpaired) electrons. The van der Waals surface area contributed by atoms with Crippen LogP contribution in [0.15, 0.2) is 66.9 Å². The number of carbonyl (C=O) groups excluding carboxylic acids is 1. The second kappa shape index (κ2) is 7.19. The molecule has 28 heavy (non-hydrogen) atoms. The largest absolute Gasteiger partial charge is 0.309 e. The maximum Gasteiger partial charge on any atom is 0.230 e. The molecule has 1 amide bonds. The number of hydrogen-bond donors (Lipinski definition) is 1. The summed E-state index contributed by atoms with van der Waals surface area (Å²) in [4.78, 5) is 16.8. The predicted molar refractivity (Wildman–Crippen MR) is 99.3 cm³/mol. The van der Waals surface area contributed by atoms with Crippen LogP contribution in [0.3, 0.4) is 0 Å². The van der Waals surface area contributed by atoms with Crippen molar-refractivity contribution in [1.82, 2.24) is 9.38 Å². The van der Waals surface area contributed by atoms with Crippen LogP contribution in [0.25, 0.3) is 16.9 Å². The number of rotatable bonds is 4. The average molecular weight is 381 g/mol. The molecule has 140 valence electrons. The molecule has 2 heterocycles. The Labute approximate surface area is 158 Å². The van der Waals surface area contributed by atoms with Crippen LogP contribution >= 0.6 is 0 Å². The molecule has 0 bridgehead atoms. The van der Waals surface area contributed by atoms with Gasteiger partial charge in [0.15, 0.2) is 5.82 Å². The lowest BCUT2D eigenvalue weighted by Gasteiger charge is -2.07. The molecule has 4 rings (SSSR count). The van der Waals surface area contributed by atoms with Gasteiger partial charge in [-0.1, -0.05) is 12.1 Å². The minimum atomic E-state index is -0.475. The van der Waals surface area contributed by atoms with Crippen LogP contribution in [0, 0.1) is 17.5 Å². The van der Waals surface area contributed by atoms with E-state index in [1.807, 2.05) is 0 Å². The van der Waals surface area contributed by atoms with Crippen LogP contribution in [0.1, 0.15) is 5.56 Å². The zero-order valence-electron chi connectivity index (χ0n) is 14.5. The maximum absolute atomic E-state index is 13.8. The molecule has 0 aliphatic rings. The maximum atomic E-state index is 13.8. The Hall–Kier alpha value is -3.61. The fourth-order valence-corrected chi connectivity index (χ4v) is 2.95. The molecule has 4 aromatic rings. The summed E-state index contributed by atoms with van der Waals surface area (Å²) < 4.78 is 41.6. The predicted octanol–water partition coefficient (Wildman–Crippen LogP) is 4.60. The number of imidazole rings is 1. The molecule has 0 atom stereocenters. The molecule has 0 fully saturated rings. The summed E-state index contributed by atoms with van der Waals surface area (Å²) >= 11 is 0. The Morgan fingerprint density at radius 3 is 2.14 bits per heavy atom. The Morgan fingerprint density at radius 1 is 0.857 bits per heavy atom. The number of amides is 1. The van der Waals surface area contributed by atoms with Gasteiger partial charge in [0.1, 0.15) is 23.1 Å². The van der Waals surface area contributed by atoms with E-state index in [0.717, 1.165) is 0 Å². The summed E-state index contributed by atoms with van der Waals surface area (Å²) in [6.07, 6.45) is 1.27. The van der Waals surface area contributed by atoms with Gasteiger partial charge in [0.2, 0.25) is 5.91 Å². The van der Waals surface area contributed by atoms with Crippen molar-refractivity contribution in [3.05, 3.63) is 89.9 Å². The third kappa shape index (κ3) is 3.59. The average Bonchev–Trinajstić information content (AvgIpc) is 3.01. The zero-order valence-corrected chi connectivity index (χ0v) is 14.5. The van der Waals surface area contributed by atoms with Gasteiger partial charge in [0.05, 0.1) is 12.1 Å². The van der Waals surface area contributed by atoms with Crippen molar-refractivity contribution in [3.8, 4) is 11.3 Å². The number of anilines is 1. The molecule has 2 aromatic heterocycles. The van der Waals surface area contributed by atoms with E-state index < -0.39 is 11.6 Å². The first-order chi connectivity index (χ1) is 13.5. The molecule has 1 N–H and O–H groups in total. The quantitative estimate of drug-likeness (QED) is 0.562. The van der Waals surface area contributed by atoms with Crippen LogP contribution in [0.5, 0.6) is 0 Å². The first-order valence-corrected chi connectivity index (χ1v) is 8.47. The van der Waals surface area contributed by atoms with Crippen LogP contribution in [0.2, 0.25) is 0 Å². The molecule has 0 spiro atoms. The van der Waals surface area contributed by atoms with Gasteiger partial charge in [-0.05, 0) is 54.1 Å². The van der Waals surface area contributed by atoms with Crippen LogP contribution in [-0.4, -0.2) is 15.3 Å². The van der Waals surface area contributed by atoms with Gasteiger partial charge in [-0.25, -0.2) is 18.2 Å². The lowest BCUT2D eigenvalue weighted by molar-refractivity contribution is -0.115. The molecule has 0 saturated heterocycles. The Bertz CT molecular complexity index is 1150. The molecule has 0 unspecified atom stereocenters. The summed E-state index contributed by atoms with van der Waals surface area (Å²) in [5.41, 5.74) is 2.06. The van der Waals surface area contributed by atoms with E-state index in [2.05, 4.69) is 10.3 Å². The first-order valence-electron chi connectivity index (χ1n) is 8.47. The van der Waals surface area contributed by atoms with E-state index in [0.29, 0.717) is 22.5 Å². The van der Waals surface area contributed by atoms with Crippen LogP contribution in [0.4, 0.5) is 19.0 Å². The summed E-state index contributed by atoms with van der Waals surface area (Å²) in [6, 6.07) is 14.0. The highest BCUT2D eigenvalue weighted by Gasteiger charge is 2.17. The molecule has 2 aromatic carbocycles.